The molecule has 7 heteroatoms. The molecule has 27 heavy (non-hydrogen) atoms. The minimum absolute atomic E-state index is 0.0110. The van der Waals surface area contributed by atoms with Gasteiger partial charge in [-0.25, -0.2) is 8.42 Å². The van der Waals surface area contributed by atoms with Gasteiger partial charge in [-0.3, -0.25) is 9.69 Å². The van der Waals surface area contributed by atoms with Crippen LogP contribution in [0.1, 0.15) is 49.4 Å². The zero-order chi connectivity index (χ0) is 19.0. The van der Waals surface area contributed by atoms with E-state index in [1.807, 2.05) is 11.8 Å². The molecule has 2 atom stereocenters. The Bertz CT molecular complexity index is 793. The van der Waals surface area contributed by atoms with E-state index in [-0.39, 0.29) is 16.8 Å². The van der Waals surface area contributed by atoms with Crippen LogP contribution in [-0.4, -0.2) is 73.2 Å². The second-order valence-corrected chi connectivity index (χ2v) is 9.96. The molecule has 1 aromatic rings. The lowest BCUT2D eigenvalue weighted by Gasteiger charge is -2.37. The lowest BCUT2D eigenvalue weighted by atomic mass is 10.1. The fourth-order valence-corrected chi connectivity index (χ4v) is 6.39. The number of carbonyl (C=O) groups is 1. The normalized spacial score (nSPS) is 27.5. The van der Waals surface area contributed by atoms with E-state index in [9.17, 15) is 13.2 Å². The van der Waals surface area contributed by atoms with Crippen molar-refractivity contribution in [3.05, 3.63) is 29.8 Å². The number of rotatable bonds is 3. The molecule has 3 saturated heterocycles. The third-order valence-corrected chi connectivity index (χ3v) is 8.35. The van der Waals surface area contributed by atoms with E-state index < -0.39 is 10.0 Å². The van der Waals surface area contributed by atoms with Gasteiger partial charge in [-0.2, -0.15) is 4.31 Å². The molecule has 0 saturated carbocycles. The van der Waals surface area contributed by atoms with Gasteiger partial charge in [0.05, 0.1) is 4.90 Å². The summed E-state index contributed by atoms with van der Waals surface area (Å²) in [7, 11) is -3.49. The smallest absolute Gasteiger partial charge is 0.253 e. The Morgan fingerprint density at radius 1 is 0.963 bits per heavy atom. The van der Waals surface area contributed by atoms with Gasteiger partial charge in [0.2, 0.25) is 10.0 Å². The van der Waals surface area contributed by atoms with Crippen LogP contribution in [0.2, 0.25) is 0 Å². The van der Waals surface area contributed by atoms with E-state index in [1.54, 1.807) is 28.6 Å². The van der Waals surface area contributed by atoms with Crippen molar-refractivity contribution in [2.75, 3.05) is 32.7 Å². The first kappa shape index (κ1) is 18.9. The van der Waals surface area contributed by atoms with Gasteiger partial charge in [-0.05, 0) is 63.4 Å². The topological polar surface area (TPSA) is 60.9 Å². The van der Waals surface area contributed by atoms with Gasteiger partial charge in [0.1, 0.15) is 0 Å². The largest absolute Gasteiger partial charge is 0.336 e. The summed E-state index contributed by atoms with van der Waals surface area (Å²) < 4.78 is 27.5. The molecule has 3 aliphatic rings. The fraction of sp³-hybridized carbons (Fsp3) is 0.650. The van der Waals surface area contributed by atoms with Crippen LogP contribution >= 0.6 is 0 Å². The summed E-state index contributed by atoms with van der Waals surface area (Å²) in [6, 6.07) is 7.05. The number of hydrogen-bond acceptors (Lipinski definition) is 4. The number of piperazine rings is 1. The fourth-order valence-electron chi connectivity index (χ4n) is 4.69. The highest BCUT2D eigenvalue weighted by Gasteiger charge is 2.33. The maximum atomic E-state index is 12.9. The van der Waals surface area contributed by atoms with Gasteiger partial charge in [-0.1, -0.05) is 6.42 Å². The molecule has 0 aromatic heterocycles. The predicted molar refractivity (Wildman–Crippen MR) is 104 cm³/mol. The van der Waals surface area contributed by atoms with E-state index in [0.29, 0.717) is 18.2 Å². The lowest BCUT2D eigenvalue weighted by Crippen LogP contribution is -2.52. The molecule has 3 heterocycles. The lowest BCUT2D eigenvalue weighted by molar-refractivity contribution is 0.0571. The summed E-state index contributed by atoms with van der Waals surface area (Å²) in [4.78, 5) is 17.5. The first-order valence-electron chi connectivity index (χ1n) is 10.1. The van der Waals surface area contributed by atoms with Crippen molar-refractivity contribution in [2.45, 2.75) is 56.0 Å². The third-order valence-electron chi connectivity index (χ3n) is 6.32. The molecule has 3 aliphatic heterocycles. The quantitative estimate of drug-likeness (QED) is 0.792. The monoisotopic (exact) mass is 391 g/mol. The van der Waals surface area contributed by atoms with Crippen LogP contribution in [-0.2, 0) is 10.0 Å². The van der Waals surface area contributed by atoms with Gasteiger partial charge in [0.25, 0.3) is 5.91 Å². The molecule has 4 rings (SSSR count). The van der Waals surface area contributed by atoms with Crippen molar-refractivity contribution in [2.24, 2.45) is 0 Å². The molecular weight excluding hydrogens is 362 g/mol. The van der Waals surface area contributed by atoms with E-state index >= 15 is 0 Å². The van der Waals surface area contributed by atoms with Crippen LogP contribution in [0.15, 0.2) is 29.2 Å². The summed E-state index contributed by atoms with van der Waals surface area (Å²) in [5, 5.41) is 0. The number of piperidine rings is 1. The molecular formula is C20H29N3O3S. The second kappa shape index (κ2) is 7.53. The molecule has 1 amide bonds. The summed E-state index contributed by atoms with van der Waals surface area (Å²) in [6.07, 6.45) is 5.27. The van der Waals surface area contributed by atoms with Crippen LogP contribution in [0, 0.1) is 0 Å². The first-order valence-corrected chi connectivity index (χ1v) is 11.6. The highest BCUT2D eigenvalue weighted by atomic mass is 32.2. The number of carbonyl (C=O) groups excluding carboxylic acids is 1. The van der Waals surface area contributed by atoms with Crippen LogP contribution < -0.4 is 0 Å². The zero-order valence-corrected chi connectivity index (χ0v) is 16.8. The molecule has 3 fully saturated rings. The number of fused-ring (bicyclic) bond motifs is 1. The van der Waals surface area contributed by atoms with Gasteiger partial charge in [-0.15, -0.1) is 0 Å². The van der Waals surface area contributed by atoms with E-state index in [0.717, 1.165) is 51.9 Å². The Morgan fingerprint density at radius 3 is 2.48 bits per heavy atom. The molecule has 0 spiro atoms. The first-order chi connectivity index (χ1) is 13.0. The Labute approximate surface area is 162 Å². The zero-order valence-electron chi connectivity index (χ0n) is 16.0. The number of benzene rings is 1. The predicted octanol–water partition coefficient (Wildman–Crippen LogP) is 2.17. The van der Waals surface area contributed by atoms with Crippen molar-refractivity contribution >= 4 is 15.9 Å². The minimum atomic E-state index is -3.49. The maximum absolute atomic E-state index is 12.9. The van der Waals surface area contributed by atoms with Crippen LogP contribution in [0.3, 0.4) is 0 Å². The molecule has 0 radical (unpaired) electrons. The highest BCUT2D eigenvalue weighted by Crippen LogP contribution is 2.26. The summed E-state index contributed by atoms with van der Waals surface area (Å²) in [6.45, 7) is 6.17. The molecule has 6 nitrogen and oxygen atoms in total. The summed E-state index contributed by atoms with van der Waals surface area (Å²) >= 11 is 0. The number of nitrogens with zero attached hydrogens (tertiary/aromatic N) is 3. The van der Waals surface area contributed by atoms with Crippen molar-refractivity contribution in [1.29, 1.82) is 0 Å². The summed E-state index contributed by atoms with van der Waals surface area (Å²) in [5.74, 6) is 0.0110. The highest BCUT2D eigenvalue weighted by molar-refractivity contribution is 7.89. The van der Waals surface area contributed by atoms with Gasteiger partial charge >= 0.3 is 0 Å². The molecule has 148 valence electrons. The van der Waals surface area contributed by atoms with Crippen molar-refractivity contribution in [3.63, 3.8) is 0 Å². The van der Waals surface area contributed by atoms with E-state index in [4.69, 9.17) is 0 Å². The Balaban J connectivity index is 1.47. The number of hydrogen-bond donors (Lipinski definition) is 0. The minimum Gasteiger partial charge on any atom is -0.336 e. The summed E-state index contributed by atoms with van der Waals surface area (Å²) in [5.41, 5.74) is 0.576. The van der Waals surface area contributed by atoms with Gasteiger partial charge in [0.15, 0.2) is 0 Å². The molecule has 2 unspecified atom stereocenters. The Morgan fingerprint density at radius 2 is 1.74 bits per heavy atom. The molecule has 0 aliphatic carbocycles. The van der Waals surface area contributed by atoms with Crippen molar-refractivity contribution in [1.82, 2.24) is 14.1 Å². The third kappa shape index (κ3) is 3.65. The van der Waals surface area contributed by atoms with Crippen molar-refractivity contribution < 1.29 is 13.2 Å². The van der Waals surface area contributed by atoms with Crippen LogP contribution in [0.4, 0.5) is 0 Å². The van der Waals surface area contributed by atoms with E-state index in [2.05, 4.69) is 4.90 Å². The van der Waals surface area contributed by atoms with Crippen LogP contribution in [0.25, 0.3) is 0 Å². The van der Waals surface area contributed by atoms with Crippen LogP contribution in [0.5, 0.6) is 0 Å². The average Bonchev–Trinajstić information content (AvgIpc) is 3.15. The second-order valence-electron chi connectivity index (χ2n) is 8.07. The molecule has 0 N–H and O–H groups in total. The van der Waals surface area contributed by atoms with Gasteiger partial charge in [0, 0.05) is 43.8 Å². The Hall–Kier alpha value is -1.44. The maximum Gasteiger partial charge on any atom is 0.253 e. The number of sulfonamides is 1. The van der Waals surface area contributed by atoms with Gasteiger partial charge < -0.3 is 4.90 Å². The molecule has 0 bridgehead atoms. The SMILES string of the molecule is CC1CCCCN1S(=O)(=O)c1ccc(C(=O)N2CCN3CCCC3C2)cc1. The van der Waals surface area contributed by atoms with E-state index in [1.165, 1.54) is 6.42 Å². The van der Waals surface area contributed by atoms with Crippen molar-refractivity contribution in [3.8, 4) is 0 Å². The average molecular weight is 392 g/mol. The molecule has 1 aromatic carbocycles. The Kier molecular flexibility index (Phi) is 5.27. The number of amides is 1. The standard InChI is InChI=1S/C20H29N3O3S/c1-16-5-2-3-12-23(16)27(25,26)19-9-7-17(8-10-19)20(24)22-14-13-21-11-4-6-18(21)15-22/h7-10,16,18H,2-6,11-15H2,1H3.